The standard InChI is InChI=1S/C19H22ClN3O4S2/c1-13(22-19(25)15-6-2-3-7-16(15)20)18(24)21-12-14-8-9-17(28-14)29(26,27)23-10-4-5-11-23/h2-3,6-9,13H,4-5,10-12H2,1H3,(H,21,24)(H,22,25). The molecule has 2 heterocycles. The molecule has 1 unspecified atom stereocenters. The summed E-state index contributed by atoms with van der Waals surface area (Å²) in [4.78, 5) is 25.3. The molecule has 1 aromatic carbocycles. The maximum atomic E-state index is 12.6. The number of carbonyl (C=O) groups excluding carboxylic acids is 2. The SMILES string of the molecule is CC(NC(=O)c1ccccc1Cl)C(=O)NCc1ccc(S(=O)(=O)N2CCCC2)s1. The Morgan fingerprint density at radius 1 is 1.17 bits per heavy atom. The Morgan fingerprint density at radius 3 is 2.55 bits per heavy atom. The van der Waals surface area contributed by atoms with E-state index in [1.807, 2.05) is 0 Å². The van der Waals surface area contributed by atoms with Gasteiger partial charge in [-0.15, -0.1) is 11.3 Å². The number of halogens is 1. The second-order valence-corrected chi connectivity index (χ2v) is 10.5. The highest BCUT2D eigenvalue weighted by Gasteiger charge is 2.28. The van der Waals surface area contributed by atoms with Crippen molar-refractivity contribution < 1.29 is 18.0 Å². The number of rotatable bonds is 7. The van der Waals surface area contributed by atoms with E-state index in [0.29, 0.717) is 23.7 Å². The Bertz CT molecular complexity index is 1000. The van der Waals surface area contributed by atoms with Crippen molar-refractivity contribution in [2.75, 3.05) is 13.1 Å². The van der Waals surface area contributed by atoms with Crippen LogP contribution in [-0.2, 0) is 21.4 Å². The lowest BCUT2D eigenvalue weighted by atomic mass is 10.2. The van der Waals surface area contributed by atoms with Gasteiger partial charge < -0.3 is 10.6 Å². The van der Waals surface area contributed by atoms with Crippen LogP contribution < -0.4 is 10.6 Å². The maximum Gasteiger partial charge on any atom is 0.253 e. The molecule has 10 heteroatoms. The van der Waals surface area contributed by atoms with E-state index in [1.54, 1.807) is 43.3 Å². The van der Waals surface area contributed by atoms with E-state index >= 15 is 0 Å². The van der Waals surface area contributed by atoms with E-state index < -0.39 is 22.0 Å². The molecule has 2 aromatic rings. The van der Waals surface area contributed by atoms with Gasteiger partial charge in [-0.2, -0.15) is 4.31 Å². The highest BCUT2D eigenvalue weighted by Crippen LogP contribution is 2.27. The van der Waals surface area contributed by atoms with Crippen molar-refractivity contribution in [1.29, 1.82) is 0 Å². The van der Waals surface area contributed by atoms with E-state index in [2.05, 4.69) is 10.6 Å². The number of nitrogens with zero attached hydrogens (tertiary/aromatic N) is 1. The van der Waals surface area contributed by atoms with E-state index in [9.17, 15) is 18.0 Å². The molecule has 7 nitrogen and oxygen atoms in total. The van der Waals surface area contributed by atoms with Crippen molar-refractivity contribution in [3.8, 4) is 0 Å². The van der Waals surface area contributed by atoms with Gasteiger partial charge in [0.2, 0.25) is 5.91 Å². The zero-order chi connectivity index (χ0) is 21.0. The summed E-state index contributed by atoms with van der Waals surface area (Å²) in [5.74, 6) is -0.809. The smallest absolute Gasteiger partial charge is 0.253 e. The summed E-state index contributed by atoms with van der Waals surface area (Å²) in [6.07, 6.45) is 1.76. The van der Waals surface area contributed by atoms with Gasteiger partial charge >= 0.3 is 0 Å². The maximum absolute atomic E-state index is 12.6. The third kappa shape index (κ3) is 5.16. The molecular weight excluding hydrogens is 434 g/mol. The molecule has 1 aliphatic rings. The van der Waals surface area contributed by atoms with E-state index in [-0.39, 0.29) is 16.7 Å². The van der Waals surface area contributed by atoms with E-state index in [4.69, 9.17) is 11.6 Å². The van der Waals surface area contributed by atoms with Gasteiger partial charge in [-0.3, -0.25) is 9.59 Å². The number of sulfonamides is 1. The molecule has 3 rings (SSSR count). The highest BCUT2D eigenvalue weighted by molar-refractivity contribution is 7.91. The molecule has 1 fully saturated rings. The molecule has 29 heavy (non-hydrogen) atoms. The van der Waals surface area contributed by atoms with Gasteiger partial charge in [0.25, 0.3) is 15.9 Å². The van der Waals surface area contributed by atoms with E-state index in [1.165, 1.54) is 4.31 Å². The van der Waals surface area contributed by atoms with Crippen LogP contribution in [0.2, 0.25) is 5.02 Å². The number of hydrogen-bond donors (Lipinski definition) is 2. The molecule has 0 bridgehead atoms. The van der Waals surface area contributed by atoms with Crippen molar-refractivity contribution in [2.45, 2.75) is 36.6 Å². The van der Waals surface area contributed by atoms with Gasteiger partial charge in [-0.05, 0) is 44.0 Å². The molecule has 1 aliphatic heterocycles. The Hall–Kier alpha value is -1.94. The minimum absolute atomic E-state index is 0.186. The first-order valence-corrected chi connectivity index (χ1v) is 11.8. The number of thiophene rings is 1. The fourth-order valence-corrected chi connectivity index (χ4v) is 6.15. The lowest BCUT2D eigenvalue weighted by molar-refractivity contribution is -0.122. The van der Waals surface area contributed by atoms with Gasteiger partial charge in [-0.1, -0.05) is 23.7 Å². The summed E-state index contributed by atoms with van der Waals surface area (Å²) < 4.78 is 26.9. The molecule has 0 radical (unpaired) electrons. The topological polar surface area (TPSA) is 95.6 Å². The monoisotopic (exact) mass is 455 g/mol. The fraction of sp³-hybridized carbons (Fsp3) is 0.368. The molecule has 0 saturated carbocycles. The van der Waals surface area contributed by atoms with Crippen molar-refractivity contribution in [1.82, 2.24) is 14.9 Å². The fourth-order valence-electron chi connectivity index (χ4n) is 2.96. The quantitative estimate of drug-likeness (QED) is 0.670. The van der Waals surface area contributed by atoms with Crippen molar-refractivity contribution in [3.63, 3.8) is 0 Å². The summed E-state index contributed by atoms with van der Waals surface area (Å²) in [6, 6.07) is 9.09. The van der Waals surface area contributed by atoms with Crippen LogP contribution in [0.3, 0.4) is 0 Å². The Kier molecular flexibility index (Phi) is 6.94. The number of amides is 2. The second kappa shape index (κ2) is 9.25. The minimum atomic E-state index is -3.45. The van der Waals surface area contributed by atoms with Gasteiger partial charge in [0, 0.05) is 18.0 Å². The minimum Gasteiger partial charge on any atom is -0.349 e. The Morgan fingerprint density at radius 2 is 1.86 bits per heavy atom. The van der Waals surface area contributed by atoms with Crippen LogP contribution in [0.5, 0.6) is 0 Å². The largest absolute Gasteiger partial charge is 0.349 e. The average molecular weight is 456 g/mol. The highest BCUT2D eigenvalue weighted by atomic mass is 35.5. The third-order valence-electron chi connectivity index (χ3n) is 4.59. The van der Waals surface area contributed by atoms with Crippen molar-refractivity contribution >= 4 is 44.8 Å². The van der Waals surface area contributed by atoms with Crippen LogP contribution in [-0.4, -0.2) is 43.7 Å². The Balaban J connectivity index is 1.55. The predicted molar refractivity (Wildman–Crippen MR) is 113 cm³/mol. The summed E-state index contributed by atoms with van der Waals surface area (Å²) in [5.41, 5.74) is 0.295. The molecule has 0 spiro atoms. The van der Waals surface area contributed by atoms with Crippen LogP contribution in [0, 0.1) is 0 Å². The second-order valence-electron chi connectivity index (χ2n) is 6.72. The number of nitrogens with one attached hydrogen (secondary N) is 2. The number of hydrogen-bond acceptors (Lipinski definition) is 5. The summed E-state index contributed by atoms with van der Waals surface area (Å²) >= 11 is 7.14. The summed E-state index contributed by atoms with van der Waals surface area (Å²) in [5, 5.41) is 5.63. The molecule has 1 atom stereocenters. The third-order valence-corrected chi connectivity index (χ3v) is 8.37. The first-order chi connectivity index (χ1) is 13.8. The van der Waals surface area contributed by atoms with Crippen molar-refractivity contribution in [3.05, 3.63) is 51.9 Å². The first kappa shape index (κ1) is 21.8. The molecular formula is C19H22ClN3O4S2. The molecule has 0 aliphatic carbocycles. The van der Waals surface area contributed by atoms with Gasteiger partial charge in [0.15, 0.2) is 0 Å². The summed E-state index contributed by atoms with van der Waals surface area (Å²) in [6.45, 7) is 2.86. The molecule has 2 amide bonds. The predicted octanol–water partition coefficient (Wildman–Crippen LogP) is 2.62. The Labute approximate surface area is 179 Å². The zero-order valence-electron chi connectivity index (χ0n) is 15.9. The van der Waals surface area contributed by atoms with Crippen LogP contribution in [0.1, 0.15) is 35.0 Å². The average Bonchev–Trinajstić information content (AvgIpc) is 3.38. The van der Waals surface area contributed by atoms with Crippen LogP contribution in [0.25, 0.3) is 0 Å². The number of carbonyl (C=O) groups is 2. The van der Waals surface area contributed by atoms with Crippen LogP contribution >= 0.6 is 22.9 Å². The molecule has 2 N–H and O–H groups in total. The summed E-state index contributed by atoms with van der Waals surface area (Å²) in [7, 11) is -3.45. The number of benzene rings is 1. The van der Waals surface area contributed by atoms with Crippen LogP contribution in [0.4, 0.5) is 0 Å². The van der Waals surface area contributed by atoms with Gasteiger partial charge in [0.1, 0.15) is 10.3 Å². The van der Waals surface area contributed by atoms with Crippen molar-refractivity contribution in [2.24, 2.45) is 0 Å². The van der Waals surface area contributed by atoms with Crippen LogP contribution in [0.15, 0.2) is 40.6 Å². The van der Waals surface area contributed by atoms with Gasteiger partial charge in [-0.25, -0.2) is 8.42 Å². The van der Waals surface area contributed by atoms with Gasteiger partial charge in [0.05, 0.1) is 17.1 Å². The normalized spacial score (nSPS) is 15.8. The molecule has 156 valence electrons. The zero-order valence-corrected chi connectivity index (χ0v) is 18.2. The van der Waals surface area contributed by atoms with E-state index in [0.717, 1.165) is 29.1 Å². The molecule has 1 aromatic heterocycles. The first-order valence-electron chi connectivity index (χ1n) is 9.21. The molecule has 1 saturated heterocycles. The lowest BCUT2D eigenvalue weighted by Crippen LogP contribution is -2.44. The lowest BCUT2D eigenvalue weighted by Gasteiger charge is -2.14.